The van der Waals surface area contributed by atoms with Crippen LogP contribution in [0.2, 0.25) is 5.02 Å². The first-order valence-corrected chi connectivity index (χ1v) is 6.79. The number of aryl methyl sites for hydroxylation is 2. The lowest BCUT2D eigenvalue weighted by atomic mass is 10.1. The van der Waals surface area contributed by atoms with Crippen molar-refractivity contribution < 1.29 is 14.6 Å². The first-order valence-electron chi connectivity index (χ1n) is 6.41. The molecule has 2 aromatic rings. The van der Waals surface area contributed by atoms with Crippen LogP contribution in [0.15, 0.2) is 42.5 Å². The van der Waals surface area contributed by atoms with Gasteiger partial charge in [0.1, 0.15) is 11.5 Å². The predicted octanol–water partition coefficient (Wildman–Crippen LogP) is 4.85. The van der Waals surface area contributed by atoms with Crippen molar-refractivity contribution in [2.75, 3.05) is 0 Å². The van der Waals surface area contributed by atoms with Crippen molar-refractivity contribution in [2.24, 2.45) is 0 Å². The van der Waals surface area contributed by atoms with Gasteiger partial charge < -0.3 is 9.84 Å². The maximum atomic E-state index is 10.5. The highest BCUT2D eigenvalue weighted by Gasteiger charge is 2.03. The number of ether oxygens (including phenoxy) is 1. The number of hydrogen-bond acceptors (Lipinski definition) is 2. The summed E-state index contributed by atoms with van der Waals surface area (Å²) in [5.41, 5.74) is 2.74. The molecular formula is C17H15ClO3. The van der Waals surface area contributed by atoms with E-state index in [9.17, 15) is 4.79 Å². The Morgan fingerprint density at radius 2 is 1.71 bits per heavy atom. The maximum absolute atomic E-state index is 10.5. The average Bonchev–Trinajstić information content (AvgIpc) is 2.42. The Morgan fingerprint density at radius 1 is 1.10 bits per heavy atom. The Bertz CT molecular complexity index is 705. The number of halogens is 1. The molecule has 0 aliphatic carbocycles. The summed E-state index contributed by atoms with van der Waals surface area (Å²) >= 11 is 5.98. The summed E-state index contributed by atoms with van der Waals surface area (Å²) in [5, 5.41) is 9.34. The van der Waals surface area contributed by atoms with Crippen molar-refractivity contribution in [3.05, 3.63) is 64.2 Å². The molecule has 1 N–H and O–H groups in total. The van der Waals surface area contributed by atoms with Gasteiger partial charge in [-0.1, -0.05) is 17.7 Å². The van der Waals surface area contributed by atoms with Gasteiger partial charge in [-0.05, 0) is 66.9 Å². The van der Waals surface area contributed by atoms with E-state index in [1.165, 1.54) is 0 Å². The quantitative estimate of drug-likeness (QED) is 0.821. The third kappa shape index (κ3) is 4.10. The molecule has 0 aromatic heterocycles. The van der Waals surface area contributed by atoms with E-state index >= 15 is 0 Å². The van der Waals surface area contributed by atoms with Crippen LogP contribution in [-0.4, -0.2) is 11.1 Å². The molecule has 108 valence electrons. The Labute approximate surface area is 128 Å². The van der Waals surface area contributed by atoms with E-state index in [1.807, 2.05) is 38.1 Å². The number of carboxylic acid groups (broad SMARTS) is 1. The molecule has 2 rings (SSSR count). The van der Waals surface area contributed by atoms with Crippen LogP contribution < -0.4 is 4.74 Å². The second kappa shape index (κ2) is 6.46. The molecule has 0 aliphatic rings. The minimum Gasteiger partial charge on any atom is -0.478 e. The summed E-state index contributed by atoms with van der Waals surface area (Å²) in [7, 11) is 0. The molecule has 0 aliphatic heterocycles. The summed E-state index contributed by atoms with van der Waals surface area (Å²) in [4.78, 5) is 10.5. The molecular weight excluding hydrogens is 288 g/mol. The summed E-state index contributed by atoms with van der Waals surface area (Å²) in [6.07, 6.45) is 2.68. The fourth-order valence-electron chi connectivity index (χ4n) is 1.88. The van der Waals surface area contributed by atoms with Crippen LogP contribution in [-0.2, 0) is 4.79 Å². The highest BCUT2D eigenvalue weighted by molar-refractivity contribution is 6.31. The Balaban J connectivity index is 2.20. The molecule has 2 aromatic carbocycles. The van der Waals surface area contributed by atoms with E-state index in [1.54, 1.807) is 18.2 Å². The van der Waals surface area contributed by atoms with Gasteiger partial charge in [0.05, 0.1) is 0 Å². The van der Waals surface area contributed by atoms with Crippen LogP contribution in [0.25, 0.3) is 6.08 Å². The molecule has 4 heteroatoms. The van der Waals surface area contributed by atoms with Gasteiger partial charge in [0.2, 0.25) is 0 Å². The van der Waals surface area contributed by atoms with Crippen molar-refractivity contribution in [1.29, 1.82) is 0 Å². The van der Waals surface area contributed by atoms with Crippen LogP contribution in [0.1, 0.15) is 16.7 Å². The lowest BCUT2D eigenvalue weighted by Crippen LogP contribution is -1.89. The molecule has 0 saturated carbocycles. The van der Waals surface area contributed by atoms with Crippen molar-refractivity contribution >= 4 is 23.6 Å². The Hall–Kier alpha value is -2.26. The van der Waals surface area contributed by atoms with Crippen LogP contribution in [0, 0.1) is 13.8 Å². The Kier molecular flexibility index (Phi) is 4.66. The summed E-state index contributed by atoms with van der Waals surface area (Å²) in [6.45, 7) is 3.82. The minimum atomic E-state index is -0.966. The fraction of sp³-hybridized carbons (Fsp3) is 0.118. The van der Waals surface area contributed by atoms with Gasteiger partial charge in [-0.2, -0.15) is 0 Å². The third-order valence-electron chi connectivity index (χ3n) is 3.01. The monoisotopic (exact) mass is 302 g/mol. The number of benzene rings is 2. The fourth-order valence-corrected chi connectivity index (χ4v) is 1.99. The van der Waals surface area contributed by atoms with Crippen LogP contribution in [0.3, 0.4) is 0 Å². The average molecular weight is 303 g/mol. The lowest BCUT2D eigenvalue weighted by molar-refractivity contribution is -0.131. The van der Waals surface area contributed by atoms with Crippen LogP contribution in [0.4, 0.5) is 0 Å². The van der Waals surface area contributed by atoms with Crippen molar-refractivity contribution in [2.45, 2.75) is 13.8 Å². The second-order valence-electron chi connectivity index (χ2n) is 4.70. The standard InChI is InChI=1S/C17H15ClO3/c1-11-9-14(5-3-13(11)4-8-17(19)20)21-15-6-7-16(18)12(2)10-15/h3-10H,1-2H3,(H,19,20)/b8-4+. The zero-order chi connectivity index (χ0) is 15.4. The van der Waals surface area contributed by atoms with Crippen LogP contribution >= 0.6 is 11.6 Å². The van der Waals surface area contributed by atoms with Crippen molar-refractivity contribution in [1.82, 2.24) is 0 Å². The zero-order valence-electron chi connectivity index (χ0n) is 11.8. The van der Waals surface area contributed by atoms with Gasteiger partial charge in [0.15, 0.2) is 0 Å². The molecule has 0 saturated heterocycles. The van der Waals surface area contributed by atoms with Gasteiger partial charge >= 0.3 is 5.97 Å². The van der Waals surface area contributed by atoms with Gasteiger partial charge in [-0.3, -0.25) is 0 Å². The predicted molar refractivity (Wildman–Crippen MR) is 84.1 cm³/mol. The molecule has 0 radical (unpaired) electrons. The van der Waals surface area contributed by atoms with E-state index < -0.39 is 5.97 Å². The first kappa shape index (κ1) is 15.1. The lowest BCUT2D eigenvalue weighted by Gasteiger charge is -2.09. The smallest absolute Gasteiger partial charge is 0.328 e. The van der Waals surface area contributed by atoms with E-state index in [4.69, 9.17) is 21.4 Å². The van der Waals surface area contributed by atoms with Gasteiger partial charge in [0.25, 0.3) is 0 Å². The highest BCUT2D eigenvalue weighted by atomic mass is 35.5. The molecule has 0 heterocycles. The summed E-state index contributed by atoms with van der Waals surface area (Å²) in [6, 6.07) is 11.0. The van der Waals surface area contributed by atoms with E-state index in [2.05, 4.69) is 0 Å². The maximum Gasteiger partial charge on any atom is 0.328 e. The molecule has 21 heavy (non-hydrogen) atoms. The largest absolute Gasteiger partial charge is 0.478 e. The normalized spacial score (nSPS) is 10.8. The molecule has 0 spiro atoms. The number of carbonyl (C=O) groups is 1. The third-order valence-corrected chi connectivity index (χ3v) is 3.44. The molecule has 0 atom stereocenters. The zero-order valence-corrected chi connectivity index (χ0v) is 12.5. The number of carboxylic acids is 1. The van der Waals surface area contributed by atoms with E-state index in [-0.39, 0.29) is 0 Å². The molecule has 0 unspecified atom stereocenters. The summed E-state index contributed by atoms with van der Waals surface area (Å²) < 4.78 is 5.78. The Morgan fingerprint density at radius 3 is 2.29 bits per heavy atom. The van der Waals surface area contributed by atoms with E-state index in [0.717, 1.165) is 22.8 Å². The van der Waals surface area contributed by atoms with Crippen molar-refractivity contribution in [3.63, 3.8) is 0 Å². The second-order valence-corrected chi connectivity index (χ2v) is 5.11. The van der Waals surface area contributed by atoms with Crippen LogP contribution in [0.5, 0.6) is 11.5 Å². The van der Waals surface area contributed by atoms with Crippen molar-refractivity contribution in [3.8, 4) is 11.5 Å². The molecule has 0 bridgehead atoms. The topological polar surface area (TPSA) is 46.5 Å². The SMILES string of the molecule is Cc1cc(Oc2ccc(/C=C/C(=O)O)c(C)c2)ccc1Cl. The summed E-state index contributed by atoms with van der Waals surface area (Å²) in [5.74, 6) is 0.443. The highest BCUT2D eigenvalue weighted by Crippen LogP contribution is 2.27. The molecule has 3 nitrogen and oxygen atoms in total. The van der Waals surface area contributed by atoms with Gasteiger partial charge in [0, 0.05) is 11.1 Å². The number of hydrogen-bond donors (Lipinski definition) is 1. The number of rotatable bonds is 4. The van der Waals surface area contributed by atoms with Gasteiger partial charge in [-0.15, -0.1) is 0 Å². The minimum absolute atomic E-state index is 0.696. The van der Waals surface area contributed by atoms with E-state index in [0.29, 0.717) is 16.5 Å². The van der Waals surface area contributed by atoms with Gasteiger partial charge in [-0.25, -0.2) is 4.79 Å². The molecule has 0 amide bonds. The first-order chi connectivity index (χ1) is 9.95. The molecule has 0 fully saturated rings. The number of aliphatic carboxylic acids is 1.